The fraction of sp³-hybridized carbons (Fsp3) is 0.500. The number of likely N-dealkylation sites (tertiary alicyclic amines) is 1. The van der Waals surface area contributed by atoms with E-state index in [-0.39, 0.29) is 0 Å². The zero-order valence-corrected chi connectivity index (χ0v) is 17.1. The van der Waals surface area contributed by atoms with E-state index in [1.807, 2.05) is 6.07 Å². The molecule has 1 aliphatic heterocycles. The molecule has 2 atom stereocenters. The van der Waals surface area contributed by atoms with Crippen molar-refractivity contribution in [2.24, 2.45) is 5.92 Å². The van der Waals surface area contributed by atoms with E-state index in [2.05, 4.69) is 52.7 Å². The molecule has 28 heavy (non-hydrogen) atoms. The molecule has 2 fully saturated rings. The van der Waals surface area contributed by atoms with Crippen LogP contribution in [0, 0.1) is 5.92 Å². The molecule has 2 aliphatic rings. The topological polar surface area (TPSA) is 33.7 Å². The van der Waals surface area contributed by atoms with E-state index < -0.39 is 0 Å². The lowest BCUT2D eigenvalue weighted by Crippen LogP contribution is -2.37. The van der Waals surface area contributed by atoms with E-state index in [9.17, 15) is 0 Å². The average Bonchev–Trinajstić information content (AvgIpc) is 3.53. The third kappa shape index (κ3) is 4.68. The summed E-state index contributed by atoms with van der Waals surface area (Å²) < 4.78 is 10.8. The van der Waals surface area contributed by atoms with Gasteiger partial charge < -0.3 is 14.8 Å². The molecule has 0 spiro atoms. The molecule has 1 saturated heterocycles. The lowest BCUT2D eigenvalue weighted by atomic mass is 9.96. The van der Waals surface area contributed by atoms with Gasteiger partial charge in [-0.15, -0.1) is 0 Å². The Morgan fingerprint density at radius 1 is 0.964 bits per heavy atom. The van der Waals surface area contributed by atoms with Crippen molar-refractivity contribution >= 4 is 0 Å². The lowest BCUT2D eigenvalue weighted by Gasteiger charge is -2.32. The molecule has 0 unspecified atom stereocenters. The molecule has 1 N–H and O–H groups in total. The Kier molecular flexibility index (Phi) is 6.18. The molecular weight excluding hydrogens is 348 g/mol. The summed E-state index contributed by atoms with van der Waals surface area (Å²) in [6.07, 6.45) is 3.82. The van der Waals surface area contributed by atoms with E-state index in [0.29, 0.717) is 12.0 Å². The minimum Gasteiger partial charge on any atom is -0.493 e. The van der Waals surface area contributed by atoms with Gasteiger partial charge in [0.1, 0.15) is 0 Å². The van der Waals surface area contributed by atoms with Gasteiger partial charge in [0, 0.05) is 18.5 Å². The second-order valence-corrected chi connectivity index (χ2v) is 8.18. The second-order valence-electron chi connectivity index (χ2n) is 8.18. The first-order valence-corrected chi connectivity index (χ1v) is 10.5. The van der Waals surface area contributed by atoms with Crippen LogP contribution in [0.25, 0.3) is 0 Å². The Bertz CT molecular complexity index is 756. The van der Waals surface area contributed by atoms with Crippen LogP contribution in [0.3, 0.4) is 0 Å². The molecule has 0 radical (unpaired) electrons. The Hall–Kier alpha value is -2.04. The van der Waals surface area contributed by atoms with Crippen LogP contribution in [-0.2, 0) is 6.54 Å². The Morgan fingerprint density at radius 2 is 1.71 bits per heavy atom. The minimum absolute atomic E-state index is 0.609. The molecule has 0 amide bonds. The molecule has 1 heterocycles. The predicted molar refractivity (Wildman–Crippen MR) is 113 cm³/mol. The number of methoxy groups -OCH3 is 2. The number of ether oxygens (including phenoxy) is 2. The lowest BCUT2D eigenvalue weighted by molar-refractivity contribution is 0.175. The first-order valence-electron chi connectivity index (χ1n) is 10.5. The maximum absolute atomic E-state index is 5.45. The SMILES string of the molecule is COc1ccc([C@@H]2C[C@H]2NCC2CCN(Cc3ccccc3)CC2)cc1OC. The summed E-state index contributed by atoms with van der Waals surface area (Å²) in [6.45, 7) is 4.66. The van der Waals surface area contributed by atoms with Crippen molar-refractivity contribution in [2.45, 2.75) is 37.8 Å². The van der Waals surface area contributed by atoms with Gasteiger partial charge >= 0.3 is 0 Å². The van der Waals surface area contributed by atoms with E-state index in [4.69, 9.17) is 9.47 Å². The quantitative estimate of drug-likeness (QED) is 0.749. The molecular formula is C24H32N2O2. The van der Waals surface area contributed by atoms with E-state index >= 15 is 0 Å². The maximum Gasteiger partial charge on any atom is 0.160 e. The molecule has 1 aliphatic carbocycles. The first-order chi connectivity index (χ1) is 13.8. The zero-order chi connectivity index (χ0) is 19.3. The Labute approximate surface area is 168 Å². The van der Waals surface area contributed by atoms with Crippen molar-refractivity contribution in [3.63, 3.8) is 0 Å². The van der Waals surface area contributed by atoms with Crippen molar-refractivity contribution < 1.29 is 9.47 Å². The third-order valence-corrected chi connectivity index (χ3v) is 6.25. The molecule has 4 nitrogen and oxygen atoms in total. The number of hydrogen-bond acceptors (Lipinski definition) is 4. The zero-order valence-electron chi connectivity index (χ0n) is 17.1. The van der Waals surface area contributed by atoms with E-state index in [1.165, 1.54) is 43.5 Å². The van der Waals surface area contributed by atoms with Crippen molar-refractivity contribution in [3.05, 3.63) is 59.7 Å². The highest BCUT2D eigenvalue weighted by Gasteiger charge is 2.38. The van der Waals surface area contributed by atoms with Gasteiger partial charge in [0.05, 0.1) is 14.2 Å². The second kappa shape index (κ2) is 8.97. The normalized spacial score (nSPS) is 22.8. The number of rotatable bonds is 8. The van der Waals surface area contributed by atoms with Gasteiger partial charge in [-0.2, -0.15) is 0 Å². The summed E-state index contributed by atoms with van der Waals surface area (Å²) in [5.74, 6) is 3.05. The number of benzene rings is 2. The predicted octanol–water partition coefficient (Wildman–Crippen LogP) is 4.06. The van der Waals surface area contributed by atoms with Gasteiger partial charge in [-0.25, -0.2) is 0 Å². The minimum atomic E-state index is 0.609. The summed E-state index contributed by atoms with van der Waals surface area (Å²) in [7, 11) is 3.39. The molecule has 2 aromatic carbocycles. The summed E-state index contributed by atoms with van der Waals surface area (Å²) >= 11 is 0. The first kappa shape index (κ1) is 19.3. The van der Waals surface area contributed by atoms with Crippen molar-refractivity contribution in [2.75, 3.05) is 33.9 Å². The number of piperidine rings is 1. The van der Waals surface area contributed by atoms with Crippen LogP contribution in [0.15, 0.2) is 48.5 Å². The molecule has 1 saturated carbocycles. The summed E-state index contributed by atoms with van der Waals surface area (Å²) in [5, 5.41) is 3.81. The summed E-state index contributed by atoms with van der Waals surface area (Å²) in [6, 6.07) is 17.8. The van der Waals surface area contributed by atoms with Gasteiger partial charge in [0.2, 0.25) is 0 Å². The highest BCUT2D eigenvalue weighted by Crippen LogP contribution is 2.43. The average molecular weight is 381 g/mol. The van der Waals surface area contributed by atoms with Crippen LogP contribution in [0.4, 0.5) is 0 Å². The number of nitrogens with one attached hydrogen (secondary N) is 1. The van der Waals surface area contributed by atoms with Crippen LogP contribution in [0.5, 0.6) is 11.5 Å². The van der Waals surface area contributed by atoms with Crippen LogP contribution in [0.1, 0.15) is 36.3 Å². The van der Waals surface area contributed by atoms with Crippen LogP contribution >= 0.6 is 0 Å². The van der Waals surface area contributed by atoms with Crippen molar-refractivity contribution in [1.82, 2.24) is 10.2 Å². The maximum atomic E-state index is 5.45. The Balaban J connectivity index is 1.20. The van der Waals surface area contributed by atoms with E-state index in [0.717, 1.165) is 30.5 Å². The molecule has 0 aromatic heterocycles. The third-order valence-electron chi connectivity index (χ3n) is 6.25. The van der Waals surface area contributed by atoms with Gasteiger partial charge in [-0.1, -0.05) is 36.4 Å². The highest BCUT2D eigenvalue weighted by molar-refractivity contribution is 5.45. The number of hydrogen-bond donors (Lipinski definition) is 1. The molecule has 150 valence electrons. The highest BCUT2D eigenvalue weighted by atomic mass is 16.5. The largest absolute Gasteiger partial charge is 0.493 e. The standard InChI is InChI=1S/C24H32N2O2/c1-27-23-9-8-20(14-24(23)28-2)21-15-22(21)25-16-18-10-12-26(13-11-18)17-19-6-4-3-5-7-19/h3-9,14,18,21-22,25H,10-13,15-17H2,1-2H3/t21-,22+/m0/s1. The summed E-state index contributed by atoms with van der Waals surface area (Å²) in [4.78, 5) is 2.59. The van der Waals surface area contributed by atoms with Crippen LogP contribution in [0.2, 0.25) is 0 Å². The molecule has 4 heteroatoms. The summed E-state index contributed by atoms with van der Waals surface area (Å²) in [5.41, 5.74) is 2.78. The van der Waals surface area contributed by atoms with Gasteiger partial charge in [0.15, 0.2) is 11.5 Å². The van der Waals surface area contributed by atoms with E-state index in [1.54, 1.807) is 14.2 Å². The van der Waals surface area contributed by atoms with Gasteiger partial charge in [-0.3, -0.25) is 4.90 Å². The van der Waals surface area contributed by atoms with Gasteiger partial charge in [-0.05, 0) is 68.1 Å². The molecule has 2 aromatic rings. The van der Waals surface area contributed by atoms with Crippen molar-refractivity contribution in [3.8, 4) is 11.5 Å². The number of nitrogens with zero attached hydrogens (tertiary/aromatic N) is 1. The smallest absolute Gasteiger partial charge is 0.160 e. The van der Waals surface area contributed by atoms with Crippen LogP contribution < -0.4 is 14.8 Å². The molecule has 0 bridgehead atoms. The van der Waals surface area contributed by atoms with Crippen LogP contribution in [-0.4, -0.2) is 44.8 Å². The van der Waals surface area contributed by atoms with Gasteiger partial charge in [0.25, 0.3) is 0 Å². The molecule has 4 rings (SSSR count). The fourth-order valence-corrected chi connectivity index (χ4v) is 4.38. The monoisotopic (exact) mass is 380 g/mol. The van der Waals surface area contributed by atoms with Crippen molar-refractivity contribution in [1.29, 1.82) is 0 Å². The Morgan fingerprint density at radius 3 is 2.43 bits per heavy atom. The fourth-order valence-electron chi connectivity index (χ4n) is 4.38.